The molecule has 0 fully saturated rings. The highest BCUT2D eigenvalue weighted by molar-refractivity contribution is 6.61. The third-order valence-corrected chi connectivity index (χ3v) is 2.75. The predicted octanol–water partition coefficient (Wildman–Crippen LogP) is 0.645. The number of ether oxygens (including phenoxy) is 1. The van der Waals surface area contributed by atoms with E-state index < -0.39 is 7.12 Å². The van der Waals surface area contributed by atoms with Crippen LogP contribution < -0.4 is 10.2 Å². The van der Waals surface area contributed by atoms with Crippen molar-refractivity contribution in [3.63, 3.8) is 0 Å². The third kappa shape index (κ3) is 1.87. The Morgan fingerprint density at radius 2 is 1.93 bits per heavy atom. The molecule has 1 aromatic carbocycles. The van der Waals surface area contributed by atoms with E-state index in [1.165, 1.54) is 7.11 Å². The van der Waals surface area contributed by atoms with E-state index in [1.807, 2.05) is 6.92 Å². The second kappa shape index (κ2) is 4.21. The van der Waals surface area contributed by atoms with Crippen LogP contribution in [-0.4, -0.2) is 24.3 Å². The highest BCUT2D eigenvalue weighted by Crippen LogP contribution is 2.24. The lowest BCUT2D eigenvalue weighted by molar-refractivity contribution is 0.402. The molecule has 76 valence electrons. The van der Waals surface area contributed by atoms with Crippen LogP contribution in [0.25, 0.3) is 0 Å². The molecule has 1 aromatic rings. The van der Waals surface area contributed by atoms with Crippen LogP contribution in [0.5, 0.6) is 5.75 Å². The number of methoxy groups -OCH3 is 1. The van der Waals surface area contributed by atoms with Gasteiger partial charge in [0.1, 0.15) is 5.75 Å². The summed E-state index contributed by atoms with van der Waals surface area (Å²) in [6.07, 6.45) is 0. The Morgan fingerprint density at radius 3 is 2.36 bits per heavy atom. The Balaban J connectivity index is 3.45. The van der Waals surface area contributed by atoms with Gasteiger partial charge in [0.2, 0.25) is 0 Å². The molecule has 0 unspecified atom stereocenters. The first-order valence-electron chi connectivity index (χ1n) is 4.18. The number of hydrogen-bond donors (Lipinski definition) is 2. The maximum absolute atomic E-state index is 9.15. The molecule has 0 atom stereocenters. The van der Waals surface area contributed by atoms with E-state index in [-0.39, 0.29) is 0 Å². The van der Waals surface area contributed by atoms with E-state index in [0.29, 0.717) is 21.8 Å². The lowest BCUT2D eigenvalue weighted by atomic mass is 9.76. The van der Waals surface area contributed by atoms with Gasteiger partial charge in [0.25, 0.3) is 0 Å². The molecule has 0 bridgehead atoms. The number of halogens is 1. The zero-order valence-electron chi connectivity index (χ0n) is 8.34. The van der Waals surface area contributed by atoms with Gasteiger partial charge < -0.3 is 14.8 Å². The maximum atomic E-state index is 9.15. The van der Waals surface area contributed by atoms with E-state index in [9.17, 15) is 0 Å². The van der Waals surface area contributed by atoms with Gasteiger partial charge in [-0.3, -0.25) is 0 Å². The minimum absolute atomic E-state index is 0.322. The Hall–Kier alpha value is -0.705. The van der Waals surface area contributed by atoms with Crippen LogP contribution in [0.4, 0.5) is 0 Å². The van der Waals surface area contributed by atoms with Gasteiger partial charge in [0, 0.05) is 10.5 Å². The summed E-state index contributed by atoms with van der Waals surface area (Å²) < 4.78 is 5.04. The van der Waals surface area contributed by atoms with Crippen LogP contribution in [0.2, 0.25) is 5.02 Å². The zero-order valence-corrected chi connectivity index (χ0v) is 9.09. The van der Waals surface area contributed by atoms with Gasteiger partial charge in [-0.15, -0.1) is 0 Å². The van der Waals surface area contributed by atoms with E-state index in [4.69, 9.17) is 26.4 Å². The fraction of sp³-hybridized carbons (Fsp3) is 0.333. The van der Waals surface area contributed by atoms with Crippen molar-refractivity contribution >= 4 is 24.2 Å². The Bertz CT molecular complexity index is 352. The first-order chi connectivity index (χ1) is 6.49. The first kappa shape index (κ1) is 11.4. The Kier molecular flexibility index (Phi) is 3.42. The fourth-order valence-electron chi connectivity index (χ4n) is 1.43. The molecule has 0 aliphatic heterocycles. The van der Waals surface area contributed by atoms with Crippen LogP contribution in [0, 0.1) is 13.8 Å². The molecule has 0 radical (unpaired) electrons. The molecule has 5 heteroatoms. The number of aryl methyl sites for hydroxylation is 1. The summed E-state index contributed by atoms with van der Waals surface area (Å²) in [6, 6.07) is 1.68. The molecule has 3 nitrogen and oxygen atoms in total. The van der Waals surface area contributed by atoms with Crippen molar-refractivity contribution < 1.29 is 14.8 Å². The van der Waals surface area contributed by atoms with Crippen molar-refractivity contribution in [1.82, 2.24) is 0 Å². The zero-order chi connectivity index (χ0) is 10.9. The monoisotopic (exact) mass is 214 g/mol. The largest absolute Gasteiger partial charge is 0.497 e. The molecule has 0 amide bonds. The van der Waals surface area contributed by atoms with Gasteiger partial charge in [0.05, 0.1) is 7.11 Å². The molecular formula is C9H12BClO3. The molecule has 0 aliphatic rings. The summed E-state index contributed by atoms with van der Waals surface area (Å²) in [5, 5.41) is 18.8. The normalized spacial score (nSPS) is 10.1. The van der Waals surface area contributed by atoms with Gasteiger partial charge in [-0.25, -0.2) is 0 Å². The summed E-state index contributed by atoms with van der Waals surface area (Å²) in [5.41, 5.74) is 1.81. The third-order valence-electron chi connectivity index (χ3n) is 2.17. The standard InChI is InChI=1S/C9H12BClO3/c1-5-4-7(14-3)8(10(12)13)6(2)9(5)11/h4,12-13H,1-3H3. The summed E-state index contributed by atoms with van der Waals surface area (Å²) in [5.74, 6) is 0.444. The highest BCUT2D eigenvalue weighted by Gasteiger charge is 2.22. The minimum atomic E-state index is -1.57. The smallest absolute Gasteiger partial charge is 0.492 e. The molecule has 1 rings (SSSR count). The molecule has 0 saturated heterocycles. The van der Waals surface area contributed by atoms with Crippen LogP contribution in [0.15, 0.2) is 6.07 Å². The number of rotatable bonds is 2. The minimum Gasteiger partial charge on any atom is -0.497 e. The van der Waals surface area contributed by atoms with Crippen molar-refractivity contribution in [3.8, 4) is 5.75 Å². The second-order valence-corrected chi connectivity index (χ2v) is 3.50. The van der Waals surface area contributed by atoms with Crippen LogP contribution in [0.3, 0.4) is 0 Å². The average molecular weight is 214 g/mol. The molecule has 2 N–H and O–H groups in total. The molecule has 0 saturated carbocycles. The lowest BCUT2D eigenvalue weighted by Gasteiger charge is -2.14. The maximum Gasteiger partial charge on any atom is 0.492 e. The molecule has 0 spiro atoms. The van der Waals surface area contributed by atoms with Crippen LogP contribution in [0.1, 0.15) is 11.1 Å². The van der Waals surface area contributed by atoms with Crippen molar-refractivity contribution in [2.75, 3.05) is 7.11 Å². The molecule has 14 heavy (non-hydrogen) atoms. The number of hydrogen-bond acceptors (Lipinski definition) is 3. The molecule has 0 aliphatic carbocycles. The lowest BCUT2D eigenvalue weighted by Crippen LogP contribution is -2.33. The van der Waals surface area contributed by atoms with Gasteiger partial charge in [-0.2, -0.15) is 0 Å². The van der Waals surface area contributed by atoms with Crippen molar-refractivity contribution in [2.45, 2.75) is 13.8 Å². The van der Waals surface area contributed by atoms with Gasteiger partial charge in [-0.05, 0) is 31.0 Å². The van der Waals surface area contributed by atoms with Crippen molar-refractivity contribution in [2.24, 2.45) is 0 Å². The number of benzene rings is 1. The van der Waals surface area contributed by atoms with Gasteiger partial charge in [0.15, 0.2) is 0 Å². The van der Waals surface area contributed by atoms with Crippen molar-refractivity contribution in [1.29, 1.82) is 0 Å². The van der Waals surface area contributed by atoms with E-state index in [0.717, 1.165) is 5.56 Å². The SMILES string of the molecule is COc1cc(C)c(Cl)c(C)c1B(O)O. The van der Waals surface area contributed by atoms with E-state index in [1.54, 1.807) is 13.0 Å². The van der Waals surface area contributed by atoms with E-state index in [2.05, 4.69) is 0 Å². The first-order valence-corrected chi connectivity index (χ1v) is 4.56. The summed E-state index contributed by atoms with van der Waals surface area (Å²) in [6.45, 7) is 3.57. The fourth-order valence-corrected chi connectivity index (χ4v) is 1.58. The van der Waals surface area contributed by atoms with E-state index >= 15 is 0 Å². The van der Waals surface area contributed by atoms with Gasteiger partial charge >= 0.3 is 7.12 Å². The second-order valence-electron chi connectivity index (χ2n) is 3.12. The topological polar surface area (TPSA) is 49.7 Å². The van der Waals surface area contributed by atoms with Crippen LogP contribution in [-0.2, 0) is 0 Å². The predicted molar refractivity (Wildman–Crippen MR) is 57.3 cm³/mol. The Morgan fingerprint density at radius 1 is 1.36 bits per heavy atom. The van der Waals surface area contributed by atoms with Crippen LogP contribution >= 0.6 is 11.6 Å². The average Bonchev–Trinajstić information content (AvgIpc) is 2.12. The quantitative estimate of drug-likeness (QED) is 0.711. The summed E-state index contributed by atoms with van der Waals surface area (Å²) in [4.78, 5) is 0. The summed E-state index contributed by atoms with van der Waals surface area (Å²) in [7, 11) is -0.0865. The van der Waals surface area contributed by atoms with Gasteiger partial charge in [-0.1, -0.05) is 11.6 Å². The molecule has 0 heterocycles. The summed E-state index contributed by atoms with van der Waals surface area (Å²) >= 11 is 5.98. The highest BCUT2D eigenvalue weighted by atomic mass is 35.5. The van der Waals surface area contributed by atoms with Crippen molar-refractivity contribution in [3.05, 3.63) is 22.2 Å². The Labute approximate surface area is 88.4 Å². The molecular weight excluding hydrogens is 202 g/mol. The molecule has 0 aromatic heterocycles.